The van der Waals surface area contributed by atoms with E-state index in [2.05, 4.69) is 20.9 Å². The van der Waals surface area contributed by atoms with Crippen molar-refractivity contribution in [2.24, 2.45) is 0 Å². The van der Waals surface area contributed by atoms with Crippen LogP contribution in [-0.2, 0) is 9.84 Å². The average molecular weight is 427 g/mol. The standard InChI is InChI=1S/C13H7BrClF2NO4S/c14-11-8(22-7-3-6(15)4-18-5-7)1-2-9-10(11)12(19)13(16,17)23(9,20)21/h1-5,12,19H/t12-/m1/s1. The molecule has 5 nitrogen and oxygen atoms in total. The number of ether oxygens (including phenoxy) is 1. The Bertz CT molecular complexity index is 907. The number of aliphatic hydroxyl groups excluding tert-OH is 1. The highest BCUT2D eigenvalue weighted by Gasteiger charge is 2.61. The van der Waals surface area contributed by atoms with Crippen LogP contribution in [0.3, 0.4) is 0 Å². The van der Waals surface area contributed by atoms with E-state index in [1.54, 1.807) is 0 Å². The van der Waals surface area contributed by atoms with Crippen LogP contribution in [0.5, 0.6) is 11.5 Å². The van der Waals surface area contributed by atoms with Crippen molar-refractivity contribution in [3.63, 3.8) is 0 Å². The molecule has 1 atom stereocenters. The zero-order valence-electron chi connectivity index (χ0n) is 11.0. The van der Waals surface area contributed by atoms with Crippen LogP contribution < -0.4 is 4.74 Å². The molecule has 0 saturated heterocycles. The number of rotatable bonds is 2. The first-order valence-electron chi connectivity index (χ1n) is 6.07. The van der Waals surface area contributed by atoms with E-state index in [4.69, 9.17) is 16.3 Å². The maximum Gasteiger partial charge on any atom is 0.379 e. The van der Waals surface area contributed by atoms with Gasteiger partial charge in [0, 0.05) is 17.8 Å². The predicted octanol–water partition coefficient (Wildman–Crippen LogP) is 3.70. The van der Waals surface area contributed by atoms with Gasteiger partial charge in [-0.3, -0.25) is 4.98 Å². The molecule has 1 aromatic carbocycles. The number of aromatic nitrogens is 1. The number of pyridine rings is 1. The zero-order valence-corrected chi connectivity index (χ0v) is 14.2. The second-order valence-electron chi connectivity index (χ2n) is 4.70. The molecule has 1 N–H and O–H groups in total. The average Bonchev–Trinajstić information content (AvgIpc) is 2.60. The van der Waals surface area contributed by atoms with Crippen molar-refractivity contribution >= 4 is 37.4 Å². The Morgan fingerprint density at radius 1 is 1.35 bits per heavy atom. The molecule has 2 heterocycles. The van der Waals surface area contributed by atoms with Crippen molar-refractivity contribution in [1.29, 1.82) is 0 Å². The van der Waals surface area contributed by atoms with Gasteiger partial charge >= 0.3 is 5.25 Å². The topological polar surface area (TPSA) is 76.5 Å². The summed E-state index contributed by atoms with van der Waals surface area (Å²) in [7, 11) is -4.95. The van der Waals surface area contributed by atoms with Crippen LogP contribution in [0.25, 0.3) is 0 Å². The maximum absolute atomic E-state index is 13.8. The molecule has 0 fully saturated rings. The number of alkyl halides is 2. The number of aliphatic hydroxyl groups is 1. The molecule has 1 aromatic heterocycles. The van der Waals surface area contributed by atoms with Gasteiger partial charge in [-0.1, -0.05) is 11.6 Å². The van der Waals surface area contributed by atoms with Gasteiger partial charge < -0.3 is 9.84 Å². The van der Waals surface area contributed by atoms with E-state index in [-0.39, 0.29) is 16.0 Å². The van der Waals surface area contributed by atoms with Gasteiger partial charge in [-0.05, 0) is 28.1 Å². The van der Waals surface area contributed by atoms with Gasteiger partial charge in [0.2, 0.25) is 9.84 Å². The van der Waals surface area contributed by atoms with Crippen molar-refractivity contribution in [2.75, 3.05) is 0 Å². The molecule has 0 radical (unpaired) electrons. The Labute approximate surface area is 142 Å². The third kappa shape index (κ3) is 2.42. The zero-order chi connectivity index (χ0) is 17.0. The largest absolute Gasteiger partial charge is 0.454 e. The molecule has 1 aliphatic rings. The molecule has 0 amide bonds. The van der Waals surface area contributed by atoms with Crippen LogP contribution in [0.2, 0.25) is 5.02 Å². The number of hydrogen-bond donors (Lipinski definition) is 1. The SMILES string of the molecule is O=S1(=O)c2ccc(Oc3cncc(Cl)c3)c(Br)c2[C@@H](O)C1(F)F. The van der Waals surface area contributed by atoms with Gasteiger partial charge in [-0.25, -0.2) is 8.42 Å². The monoisotopic (exact) mass is 425 g/mol. The summed E-state index contributed by atoms with van der Waals surface area (Å²) in [6.45, 7) is 0. The Balaban J connectivity index is 2.11. The lowest BCUT2D eigenvalue weighted by Crippen LogP contribution is -2.28. The Morgan fingerprint density at radius 3 is 2.70 bits per heavy atom. The molecule has 10 heteroatoms. The minimum atomic E-state index is -4.95. The molecule has 3 rings (SSSR count). The van der Waals surface area contributed by atoms with Crippen LogP contribution >= 0.6 is 27.5 Å². The van der Waals surface area contributed by atoms with E-state index in [0.29, 0.717) is 5.02 Å². The van der Waals surface area contributed by atoms with Gasteiger partial charge in [-0.2, -0.15) is 8.78 Å². The van der Waals surface area contributed by atoms with Crippen molar-refractivity contribution in [1.82, 2.24) is 4.98 Å². The summed E-state index contributed by atoms with van der Waals surface area (Å²) < 4.78 is 56.5. The highest BCUT2D eigenvalue weighted by Crippen LogP contribution is 2.53. The number of nitrogens with zero attached hydrogens (tertiary/aromatic N) is 1. The summed E-state index contributed by atoms with van der Waals surface area (Å²) in [4.78, 5) is 3.17. The third-order valence-electron chi connectivity index (χ3n) is 3.25. The third-order valence-corrected chi connectivity index (χ3v) is 6.15. The van der Waals surface area contributed by atoms with Gasteiger partial charge in [0.05, 0.1) is 20.6 Å². The van der Waals surface area contributed by atoms with E-state index in [1.165, 1.54) is 24.5 Å². The molecule has 23 heavy (non-hydrogen) atoms. The van der Waals surface area contributed by atoms with Crippen molar-refractivity contribution < 1.29 is 27.0 Å². The van der Waals surface area contributed by atoms with Crippen molar-refractivity contribution in [3.05, 3.63) is 45.7 Å². The van der Waals surface area contributed by atoms with Gasteiger partial charge in [0.1, 0.15) is 11.5 Å². The minimum Gasteiger partial charge on any atom is -0.454 e. The van der Waals surface area contributed by atoms with E-state index >= 15 is 0 Å². The number of benzene rings is 1. The summed E-state index contributed by atoms with van der Waals surface area (Å²) in [6, 6.07) is 3.61. The fourth-order valence-electron chi connectivity index (χ4n) is 2.16. The van der Waals surface area contributed by atoms with Crippen molar-refractivity contribution in [2.45, 2.75) is 16.3 Å². The molecule has 0 bridgehead atoms. The maximum atomic E-state index is 13.8. The highest BCUT2D eigenvalue weighted by molar-refractivity contribution is 9.10. The Hall–Kier alpha value is -1.29. The first-order chi connectivity index (χ1) is 10.7. The van der Waals surface area contributed by atoms with E-state index in [1.807, 2.05) is 0 Å². The molecule has 0 unspecified atom stereocenters. The summed E-state index contributed by atoms with van der Waals surface area (Å²) >= 11 is 8.79. The van der Waals surface area contributed by atoms with E-state index in [9.17, 15) is 22.3 Å². The van der Waals surface area contributed by atoms with Crippen LogP contribution in [0.4, 0.5) is 8.78 Å². The molecular weight excluding hydrogens is 420 g/mol. The fourth-order valence-corrected chi connectivity index (χ4v) is 4.55. The number of halogens is 4. The van der Waals surface area contributed by atoms with Crippen LogP contribution in [0.15, 0.2) is 40.0 Å². The van der Waals surface area contributed by atoms with Gasteiger partial charge in [0.25, 0.3) is 0 Å². The summed E-state index contributed by atoms with van der Waals surface area (Å²) in [5, 5.41) is 5.71. The molecule has 2 aromatic rings. The van der Waals surface area contributed by atoms with Gasteiger partial charge in [0.15, 0.2) is 6.10 Å². The van der Waals surface area contributed by atoms with Crippen molar-refractivity contribution in [3.8, 4) is 11.5 Å². The summed E-state index contributed by atoms with van der Waals surface area (Å²) in [5.41, 5.74) is -0.442. The number of sulfone groups is 1. The first-order valence-corrected chi connectivity index (χ1v) is 8.73. The second kappa shape index (κ2) is 5.37. The molecular formula is C13H7BrClF2NO4S. The van der Waals surface area contributed by atoms with Crippen LogP contribution in [0.1, 0.15) is 11.7 Å². The second-order valence-corrected chi connectivity index (χ2v) is 7.92. The Kier molecular flexibility index (Phi) is 3.87. The molecule has 0 spiro atoms. The molecule has 0 saturated carbocycles. The predicted molar refractivity (Wildman–Crippen MR) is 80.6 cm³/mol. The fraction of sp³-hybridized carbons (Fsp3) is 0.154. The highest BCUT2D eigenvalue weighted by atomic mass is 79.9. The first kappa shape index (κ1) is 16.6. The molecule has 122 valence electrons. The van der Waals surface area contributed by atoms with Crippen LogP contribution in [-0.4, -0.2) is 23.8 Å². The molecule has 1 aliphatic heterocycles. The lowest BCUT2D eigenvalue weighted by Gasteiger charge is -2.14. The van der Waals surface area contributed by atoms with Crippen LogP contribution in [0, 0.1) is 0 Å². The lowest BCUT2D eigenvalue weighted by atomic mass is 10.1. The van der Waals surface area contributed by atoms with E-state index in [0.717, 1.165) is 6.07 Å². The minimum absolute atomic E-state index is 0.0415. The summed E-state index contributed by atoms with van der Waals surface area (Å²) in [6.07, 6.45) is 0.231. The lowest BCUT2D eigenvalue weighted by molar-refractivity contribution is -0.0379. The number of hydrogen-bond acceptors (Lipinski definition) is 5. The quantitative estimate of drug-likeness (QED) is 0.792. The molecule has 0 aliphatic carbocycles. The van der Waals surface area contributed by atoms with Gasteiger partial charge in [-0.15, -0.1) is 0 Å². The number of fused-ring (bicyclic) bond motifs is 1. The summed E-state index contributed by atoms with van der Waals surface area (Å²) in [5.74, 6) is 0.264. The van der Waals surface area contributed by atoms with E-state index < -0.39 is 31.7 Å². The normalized spacial score (nSPS) is 21.0. The smallest absolute Gasteiger partial charge is 0.379 e. The Morgan fingerprint density at radius 2 is 2.04 bits per heavy atom.